The van der Waals surface area contributed by atoms with E-state index in [0.29, 0.717) is 0 Å². The lowest BCUT2D eigenvalue weighted by atomic mass is 9.88. The monoisotopic (exact) mass is 274 g/mol. The predicted molar refractivity (Wildman–Crippen MR) is 81.5 cm³/mol. The maximum absolute atomic E-state index is 3.50. The van der Waals surface area contributed by atoms with Crippen LogP contribution in [0.4, 0.5) is 0 Å². The molecule has 2 fully saturated rings. The summed E-state index contributed by atoms with van der Waals surface area (Å²) in [6.07, 6.45) is 10.3. The topological polar surface area (TPSA) is 15.3 Å². The van der Waals surface area contributed by atoms with Crippen molar-refractivity contribution in [2.24, 2.45) is 11.8 Å². The first kappa shape index (κ1) is 16.3. The molecule has 1 saturated carbocycles. The number of hydrogen-bond donors (Lipinski definition) is 1. The van der Waals surface area contributed by atoms with Crippen LogP contribution in [0.1, 0.15) is 51.9 Å². The average molecular weight is 275 g/mol. The highest BCUT2D eigenvalue weighted by atomic mass is 35.5. The quantitative estimate of drug-likeness (QED) is 0.828. The Labute approximate surface area is 119 Å². The van der Waals surface area contributed by atoms with Crippen molar-refractivity contribution in [3.8, 4) is 0 Å². The third kappa shape index (κ3) is 5.46. The van der Waals surface area contributed by atoms with Gasteiger partial charge in [0.15, 0.2) is 0 Å². The van der Waals surface area contributed by atoms with Crippen molar-refractivity contribution >= 4 is 12.4 Å². The van der Waals surface area contributed by atoms with Crippen LogP contribution < -0.4 is 5.32 Å². The Balaban J connectivity index is 0.00000162. The van der Waals surface area contributed by atoms with Crippen molar-refractivity contribution in [3.63, 3.8) is 0 Å². The zero-order valence-electron chi connectivity index (χ0n) is 12.0. The van der Waals surface area contributed by atoms with E-state index in [2.05, 4.69) is 17.1 Å². The fourth-order valence-corrected chi connectivity index (χ4v) is 3.46. The summed E-state index contributed by atoms with van der Waals surface area (Å²) < 4.78 is 0. The molecule has 1 aliphatic heterocycles. The minimum Gasteiger partial charge on any atom is -0.317 e. The van der Waals surface area contributed by atoms with Gasteiger partial charge in [0.25, 0.3) is 0 Å². The fourth-order valence-electron chi connectivity index (χ4n) is 3.46. The fraction of sp³-hybridized carbons (Fsp3) is 1.00. The second-order valence-corrected chi connectivity index (χ2v) is 6.06. The van der Waals surface area contributed by atoms with E-state index in [-0.39, 0.29) is 12.4 Å². The van der Waals surface area contributed by atoms with E-state index in [1.54, 1.807) is 0 Å². The van der Waals surface area contributed by atoms with Crippen LogP contribution in [0.3, 0.4) is 0 Å². The molecule has 1 heterocycles. The minimum absolute atomic E-state index is 0. The molecule has 0 aromatic heterocycles. The Hall–Kier alpha value is 0.210. The molecule has 0 aromatic carbocycles. The van der Waals surface area contributed by atoms with Crippen LogP contribution in [0.15, 0.2) is 0 Å². The number of halogens is 1. The van der Waals surface area contributed by atoms with E-state index in [0.717, 1.165) is 18.4 Å². The Morgan fingerprint density at radius 3 is 2.22 bits per heavy atom. The summed E-state index contributed by atoms with van der Waals surface area (Å²) >= 11 is 0. The van der Waals surface area contributed by atoms with Crippen LogP contribution in [0.25, 0.3) is 0 Å². The van der Waals surface area contributed by atoms with Gasteiger partial charge in [-0.15, -0.1) is 12.4 Å². The summed E-state index contributed by atoms with van der Waals surface area (Å²) in [6.45, 7) is 8.68. The van der Waals surface area contributed by atoms with Gasteiger partial charge in [-0.25, -0.2) is 0 Å². The molecule has 0 spiro atoms. The molecule has 1 aliphatic carbocycles. The molecule has 1 N–H and O–H groups in total. The summed E-state index contributed by atoms with van der Waals surface area (Å²) in [4.78, 5) is 2.73. The van der Waals surface area contributed by atoms with E-state index in [4.69, 9.17) is 0 Å². The molecule has 1 saturated heterocycles. The maximum Gasteiger partial charge on any atom is 0.000966 e. The van der Waals surface area contributed by atoms with Gasteiger partial charge in [0.05, 0.1) is 0 Å². The third-order valence-electron chi connectivity index (χ3n) is 4.63. The highest BCUT2D eigenvalue weighted by molar-refractivity contribution is 5.85. The van der Waals surface area contributed by atoms with Crippen LogP contribution in [-0.4, -0.2) is 37.6 Å². The SMILES string of the molecule is CCNCC1CCN(CC2CCCCC2)CC1.Cl. The third-order valence-corrected chi connectivity index (χ3v) is 4.63. The summed E-state index contributed by atoms with van der Waals surface area (Å²) in [7, 11) is 0. The lowest BCUT2D eigenvalue weighted by molar-refractivity contribution is 0.145. The van der Waals surface area contributed by atoms with Gasteiger partial charge in [-0.3, -0.25) is 0 Å². The molecule has 18 heavy (non-hydrogen) atoms. The van der Waals surface area contributed by atoms with Gasteiger partial charge in [0, 0.05) is 6.54 Å². The van der Waals surface area contributed by atoms with Gasteiger partial charge in [0.2, 0.25) is 0 Å². The van der Waals surface area contributed by atoms with Crippen molar-refractivity contribution in [2.45, 2.75) is 51.9 Å². The highest BCUT2D eigenvalue weighted by Crippen LogP contribution is 2.26. The Morgan fingerprint density at radius 2 is 1.61 bits per heavy atom. The van der Waals surface area contributed by atoms with Gasteiger partial charge >= 0.3 is 0 Å². The van der Waals surface area contributed by atoms with Crippen molar-refractivity contribution in [1.29, 1.82) is 0 Å². The molecule has 0 atom stereocenters. The first-order chi connectivity index (χ1) is 8.38. The van der Waals surface area contributed by atoms with Gasteiger partial charge < -0.3 is 10.2 Å². The van der Waals surface area contributed by atoms with Crippen molar-refractivity contribution in [2.75, 3.05) is 32.7 Å². The molecule has 0 amide bonds. The summed E-state index contributed by atoms with van der Waals surface area (Å²) in [5.74, 6) is 1.96. The van der Waals surface area contributed by atoms with Crippen molar-refractivity contribution in [1.82, 2.24) is 10.2 Å². The average Bonchev–Trinajstić information content (AvgIpc) is 2.39. The number of hydrogen-bond acceptors (Lipinski definition) is 2. The van der Waals surface area contributed by atoms with Crippen LogP contribution in [0, 0.1) is 11.8 Å². The molecule has 2 nitrogen and oxygen atoms in total. The summed E-state index contributed by atoms with van der Waals surface area (Å²) in [5.41, 5.74) is 0. The summed E-state index contributed by atoms with van der Waals surface area (Å²) in [6, 6.07) is 0. The normalized spacial score (nSPS) is 23.8. The molecule has 0 bridgehead atoms. The first-order valence-electron chi connectivity index (χ1n) is 7.81. The first-order valence-corrected chi connectivity index (χ1v) is 7.81. The zero-order chi connectivity index (χ0) is 11.9. The molecule has 2 rings (SSSR count). The Morgan fingerprint density at radius 1 is 0.944 bits per heavy atom. The van der Waals surface area contributed by atoms with E-state index < -0.39 is 0 Å². The van der Waals surface area contributed by atoms with Crippen LogP contribution in [0.5, 0.6) is 0 Å². The molecule has 108 valence electrons. The second-order valence-electron chi connectivity index (χ2n) is 6.06. The largest absolute Gasteiger partial charge is 0.317 e. The molecular weight excluding hydrogens is 244 g/mol. The number of likely N-dealkylation sites (tertiary alicyclic amines) is 1. The standard InChI is InChI=1S/C15H30N2.ClH/c1-2-16-12-14-8-10-17(11-9-14)13-15-6-4-3-5-7-15;/h14-16H,2-13H2,1H3;1H. The van der Waals surface area contributed by atoms with Gasteiger partial charge in [0.1, 0.15) is 0 Å². The van der Waals surface area contributed by atoms with Crippen LogP contribution >= 0.6 is 12.4 Å². The smallest absolute Gasteiger partial charge is 0.000966 e. The van der Waals surface area contributed by atoms with Crippen molar-refractivity contribution in [3.05, 3.63) is 0 Å². The van der Waals surface area contributed by atoms with E-state index in [9.17, 15) is 0 Å². The molecular formula is C15H31ClN2. The number of piperidine rings is 1. The lowest BCUT2D eigenvalue weighted by Gasteiger charge is -2.35. The molecule has 0 radical (unpaired) electrons. The van der Waals surface area contributed by atoms with Crippen LogP contribution in [0.2, 0.25) is 0 Å². The Bertz CT molecular complexity index is 197. The van der Waals surface area contributed by atoms with Gasteiger partial charge in [-0.2, -0.15) is 0 Å². The molecule has 0 aromatic rings. The summed E-state index contributed by atoms with van der Waals surface area (Å²) in [5, 5.41) is 3.50. The second kappa shape index (κ2) is 9.17. The lowest BCUT2D eigenvalue weighted by Crippen LogP contribution is -2.39. The zero-order valence-corrected chi connectivity index (χ0v) is 12.8. The van der Waals surface area contributed by atoms with E-state index in [1.165, 1.54) is 71.1 Å². The van der Waals surface area contributed by atoms with E-state index in [1.807, 2.05) is 0 Å². The van der Waals surface area contributed by atoms with Gasteiger partial charge in [-0.05, 0) is 63.7 Å². The predicted octanol–water partition coefficient (Wildman–Crippen LogP) is 3.31. The Kier molecular flexibility index (Phi) is 8.28. The number of rotatable bonds is 5. The van der Waals surface area contributed by atoms with Gasteiger partial charge in [-0.1, -0.05) is 26.2 Å². The highest BCUT2D eigenvalue weighted by Gasteiger charge is 2.22. The number of nitrogens with zero attached hydrogens (tertiary/aromatic N) is 1. The maximum atomic E-state index is 3.50. The molecule has 3 heteroatoms. The number of nitrogens with one attached hydrogen (secondary N) is 1. The minimum atomic E-state index is 0. The molecule has 0 unspecified atom stereocenters. The van der Waals surface area contributed by atoms with Crippen LogP contribution in [-0.2, 0) is 0 Å². The van der Waals surface area contributed by atoms with E-state index >= 15 is 0 Å². The molecule has 2 aliphatic rings. The van der Waals surface area contributed by atoms with Crippen molar-refractivity contribution < 1.29 is 0 Å².